The predicted molar refractivity (Wildman–Crippen MR) is 183 cm³/mol. The highest BCUT2D eigenvalue weighted by molar-refractivity contribution is 7.92. The zero-order valence-corrected chi connectivity index (χ0v) is 27.7. The minimum Gasteiger partial charge on any atom is -0.316 e. The number of carbonyl (C=O) groups excluding carboxylic acids is 1. The molecule has 0 fully saturated rings. The zero-order valence-electron chi connectivity index (χ0n) is 24.6. The maximum Gasteiger partial charge on any atom is 0.273 e. The molecule has 45 heavy (non-hydrogen) atoms. The van der Waals surface area contributed by atoms with E-state index in [1.165, 1.54) is 10.5 Å². The van der Waals surface area contributed by atoms with E-state index in [2.05, 4.69) is 10.5 Å². The van der Waals surface area contributed by atoms with Crippen LogP contribution in [-0.2, 0) is 16.6 Å². The molecule has 5 aromatic rings. The van der Waals surface area contributed by atoms with Gasteiger partial charge in [-0.3, -0.25) is 9.10 Å². The van der Waals surface area contributed by atoms with Crippen molar-refractivity contribution in [3.8, 4) is 5.69 Å². The summed E-state index contributed by atoms with van der Waals surface area (Å²) < 4.78 is 31.3. The Morgan fingerprint density at radius 2 is 1.53 bits per heavy atom. The first-order valence-electron chi connectivity index (χ1n) is 13.9. The number of aryl methyl sites for hydroxylation is 2. The number of amides is 1. The van der Waals surface area contributed by atoms with Crippen LogP contribution in [0.3, 0.4) is 0 Å². The molecule has 4 aromatic carbocycles. The van der Waals surface area contributed by atoms with Crippen molar-refractivity contribution in [3.05, 3.63) is 146 Å². The minimum absolute atomic E-state index is 0.0276. The third-order valence-corrected chi connectivity index (χ3v) is 9.82. The summed E-state index contributed by atoms with van der Waals surface area (Å²) >= 11 is 18.6. The van der Waals surface area contributed by atoms with Gasteiger partial charge < -0.3 is 4.57 Å². The number of para-hydroxylation sites is 1. The van der Waals surface area contributed by atoms with Crippen molar-refractivity contribution in [2.45, 2.75) is 32.2 Å². The Kier molecular flexibility index (Phi) is 9.70. The third kappa shape index (κ3) is 7.10. The Bertz CT molecular complexity index is 2010. The van der Waals surface area contributed by atoms with Gasteiger partial charge in [0.1, 0.15) is 0 Å². The number of hydrazone groups is 1. The second-order valence-electron chi connectivity index (χ2n) is 10.4. The first-order valence-corrected chi connectivity index (χ1v) is 16.4. The average Bonchev–Trinajstić information content (AvgIpc) is 3.29. The van der Waals surface area contributed by atoms with Crippen LogP contribution in [0.4, 0.5) is 5.69 Å². The van der Waals surface area contributed by atoms with E-state index in [0.717, 1.165) is 28.2 Å². The Hall–Kier alpha value is -4.08. The molecule has 230 valence electrons. The Morgan fingerprint density at radius 3 is 2.22 bits per heavy atom. The molecule has 5 rings (SSSR count). The molecular weight excluding hydrogens is 651 g/mol. The average molecular weight is 680 g/mol. The monoisotopic (exact) mass is 678 g/mol. The molecule has 0 aliphatic rings. The molecule has 0 bridgehead atoms. The van der Waals surface area contributed by atoms with Crippen LogP contribution in [0, 0.1) is 20.8 Å². The molecule has 1 amide bonds. The third-order valence-electron chi connectivity index (χ3n) is 7.26. The topological polar surface area (TPSA) is 83.8 Å². The van der Waals surface area contributed by atoms with Crippen LogP contribution >= 0.6 is 34.8 Å². The lowest BCUT2D eigenvalue weighted by molar-refractivity contribution is 0.0955. The van der Waals surface area contributed by atoms with Gasteiger partial charge in [0.2, 0.25) is 0 Å². The predicted octanol–water partition coefficient (Wildman–Crippen LogP) is 8.52. The van der Waals surface area contributed by atoms with Gasteiger partial charge in [-0.25, -0.2) is 13.8 Å². The highest BCUT2D eigenvalue weighted by Gasteiger charge is 2.28. The van der Waals surface area contributed by atoms with Crippen molar-refractivity contribution in [2.75, 3.05) is 4.31 Å². The summed E-state index contributed by atoms with van der Waals surface area (Å²) in [5, 5.41) is 5.78. The van der Waals surface area contributed by atoms with Gasteiger partial charge in [0.25, 0.3) is 15.9 Å². The summed E-state index contributed by atoms with van der Waals surface area (Å²) in [6, 6.07) is 27.2. The summed E-state index contributed by atoms with van der Waals surface area (Å²) in [6.45, 7) is 5.71. The summed E-state index contributed by atoms with van der Waals surface area (Å²) in [5.74, 6) is -0.573. The highest BCUT2D eigenvalue weighted by atomic mass is 35.5. The van der Waals surface area contributed by atoms with E-state index < -0.39 is 15.9 Å². The number of halogens is 3. The number of anilines is 1. The van der Waals surface area contributed by atoms with Crippen molar-refractivity contribution in [1.82, 2.24) is 9.99 Å². The number of sulfonamides is 1. The molecule has 0 aliphatic carbocycles. The smallest absolute Gasteiger partial charge is 0.273 e. The number of carbonyl (C=O) groups is 1. The molecule has 0 radical (unpaired) electrons. The fraction of sp³-hybridized carbons (Fsp3) is 0.118. The molecule has 1 aromatic heterocycles. The van der Waals surface area contributed by atoms with Crippen LogP contribution in [-0.4, -0.2) is 25.1 Å². The summed E-state index contributed by atoms with van der Waals surface area (Å²) in [5.41, 5.74) is 7.82. The number of hydrogen-bond acceptors (Lipinski definition) is 4. The van der Waals surface area contributed by atoms with E-state index in [4.69, 9.17) is 34.8 Å². The molecule has 0 spiro atoms. The maximum absolute atomic E-state index is 14.0. The van der Waals surface area contributed by atoms with E-state index in [-0.39, 0.29) is 22.7 Å². The van der Waals surface area contributed by atoms with Gasteiger partial charge in [0.05, 0.1) is 39.6 Å². The Morgan fingerprint density at radius 1 is 0.867 bits per heavy atom. The van der Waals surface area contributed by atoms with Gasteiger partial charge in [0, 0.05) is 27.0 Å². The lowest BCUT2D eigenvalue weighted by Gasteiger charge is -2.26. The van der Waals surface area contributed by atoms with Crippen molar-refractivity contribution in [2.24, 2.45) is 5.10 Å². The summed E-state index contributed by atoms with van der Waals surface area (Å²) in [4.78, 5) is 13.6. The molecule has 11 heteroatoms. The highest BCUT2D eigenvalue weighted by Crippen LogP contribution is 2.31. The van der Waals surface area contributed by atoms with Gasteiger partial charge in [-0.1, -0.05) is 76.8 Å². The molecule has 0 aliphatic heterocycles. The number of benzene rings is 4. The number of nitrogens with zero attached hydrogens (tertiary/aromatic N) is 3. The molecule has 0 saturated heterocycles. The first-order chi connectivity index (χ1) is 21.5. The first kappa shape index (κ1) is 32.3. The van der Waals surface area contributed by atoms with E-state index in [9.17, 15) is 13.2 Å². The molecular formula is C34H29Cl3N4O3S. The van der Waals surface area contributed by atoms with Crippen LogP contribution in [0.15, 0.2) is 107 Å². The van der Waals surface area contributed by atoms with Crippen molar-refractivity contribution in [3.63, 3.8) is 0 Å². The number of rotatable bonds is 9. The standard InChI is InChI=1S/C34H29Cl3N4O3S/c1-22-8-15-29(16-9-22)45(43,44)40(21-25-10-12-27(35)13-11-25)32-7-5-4-6-30(32)34(42)39-38-20-26-18-23(2)41(24(26)3)33-17-14-28(36)19-31(33)37/h4-20H,21H2,1-3H3,(H,39,42)/b38-20-. The number of hydrogen-bond donors (Lipinski definition) is 1. The fourth-order valence-corrected chi connectivity index (χ4v) is 7.04. The normalized spacial score (nSPS) is 11.6. The SMILES string of the molecule is Cc1ccc(S(=O)(=O)N(Cc2ccc(Cl)cc2)c2ccccc2C(=O)N/N=C\c2cc(C)n(-c3ccc(Cl)cc3Cl)c2C)cc1. The number of aromatic nitrogens is 1. The molecule has 0 saturated carbocycles. The van der Waals surface area contributed by atoms with Crippen LogP contribution in [0.1, 0.15) is 38.4 Å². The Labute approximate surface area is 277 Å². The summed E-state index contributed by atoms with van der Waals surface area (Å²) in [7, 11) is -4.08. The lowest BCUT2D eigenvalue weighted by atomic mass is 10.1. The van der Waals surface area contributed by atoms with Crippen molar-refractivity contribution < 1.29 is 13.2 Å². The molecule has 1 N–H and O–H groups in total. The lowest BCUT2D eigenvalue weighted by Crippen LogP contribution is -2.33. The largest absolute Gasteiger partial charge is 0.316 e. The summed E-state index contributed by atoms with van der Waals surface area (Å²) in [6.07, 6.45) is 1.54. The molecule has 7 nitrogen and oxygen atoms in total. The van der Waals surface area contributed by atoms with Crippen molar-refractivity contribution in [1.29, 1.82) is 0 Å². The second kappa shape index (κ2) is 13.5. The second-order valence-corrected chi connectivity index (χ2v) is 13.6. The van der Waals surface area contributed by atoms with E-state index in [1.54, 1.807) is 84.9 Å². The van der Waals surface area contributed by atoms with Crippen LogP contribution in [0.2, 0.25) is 15.1 Å². The van der Waals surface area contributed by atoms with Gasteiger partial charge >= 0.3 is 0 Å². The zero-order chi connectivity index (χ0) is 32.3. The van der Waals surface area contributed by atoms with E-state index in [1.807, 2.05) is 37.5 Å². The Balaban J connectivity index is 1.46. The van der Waals surface area contributed by atoms with Crippen molar-refractivity contribution >= 4 is 62.6 Å². The molecule has 0 atom stereocenters. The van der Waals surface area contributed by atoms with Crippen LogP contribution < -0.4 is 9.73 Å². The van der Waals surface area contributed by atoms with Gasteiger partial charge in [-0.15, -0.1) is 0 Å². The van der Waals surface area contributed by atoms with Crippen LogP contribution in [0.5, 0.6) is 0 Å². The fourth-order valence-electron chi connectivity index (χ4n) is 4.95. The molecule has 1 heterocycles. The van der Waals surface area contributed by atoms with E-state index >= 15 is 0 Å². The van der Waals surface area contributed by atoms with E-state index in [0.29, 0.717) is 20.6 Å². The van der Waals surface area contributed by atoms with Gasteiger partial charge in [0.15, 0.2) is 0 Å². The minimum atomic E-state index is -4.08. The maximum atomic E-state index is 14.0. The van der Waals surface area contributed by atoms with Gasteiger partial charge in [-0.2, -0.15) is 5.10 Å². The van der Waals surface area contributed by atoms with Crippen LogP contribution in [0.25, 0.3) is 5.69 Å². The van der Waals surface area contributed by atoms with Gasteiger partial charge in [-0.05, 0) is 87.0 Å². The molecule has 0 unspecified atom stereocenters. The number of nitrogens with one attached hydrogen (secondary N) is 1. The quantitative estimate of drug-likeness (QED) is 0.125.